The Morgan fingerprint density at radius 2 is 2.27 bits per heavy atom. The number of amides is 3. The zero-order valence-electron chi connectivity index (χ0n) is 12.4. The summed E-state index contributed by atoms with van der Waals surface area (Å²) in [4.78, 5) is 23.5. The van der Waals surface area contributed by atoms with E-state index in [1.54, 1.807) is 11.8 Å². The smallest absolute Gasteiger partial charge is 0.312 e. The Balaban J connectivity index is 2.03. The molecule has 2 rings (SSSR count). The second kappa shape index (κ2) is 7.74. The lowest BCUT2D eigenvalue weighted by atomic mass is 10.1. The number of hydrogen-bond acceptors (Lipinski definition) is 3. The predicted octanol–water partition coefficient (Wildman–Crippen LogP) is 2.23. The van der Waals surface area contributed by atoms with Crippen molar-refractivity contribution in [2.75, 3.05) is 12.0 Å². The van der Waals surface area contributed by atoms with Gasteiger partial charge in [-0.1, -0.05) is 17.7 Å². The summed E-state index contributed by atoms with van der Waals surface area (Å²) in [5.41, 5.74) is 7.42. The SMILES string of the molecule is CSCCC(NC(N)=O)C(=O)NC1CCc2cc(Cl)ccc21. The van der Waals surface area contributed by atoms with Crippen molar-refractivity contribution in [2.45, 2.75) is 31.3 Å². The first-order valence-corrected chi connectivity index (χ1v) is 8.92. The van der Waals surface area contributed by atoms with Crippen molar-refractivity contribution in [3.8, 4) is 0 Å². The minimum atomic E-state index is -0.681. The number of carbonyl (C=O) groups excluding carboxylic acids is 2. The van der Waals surface area contributed by atoms with E-state index in [0.29, 0.717) is 11.4 Å². The number of urea groups is 1. The van der Waals surface area contributed by atoms with E-state index in [4.69, 9.17) is 17.3 Å². The third kappa shape index (κ3) is 4.30. The number of aryl methyl sites for hydroxylation is 1. The van der Waals surface area contributed by atoms with E-state index < -0.39 is 12.1 Å². The maximum atomic E-state index is 12.4. The van der Waals surface area contributed by atoms with Gasteiger partial charge in [0.1, 0.15) is 6.04 Å². The molecule has 0 saturated carbocycles. The van der Waals surface area contributed by atoms with Crippen LogP contribution in [0.25, 0.3) is 0 Å². The average molecular weight is 342 g/mol. The molecule has 0 saturated heterocycles. The van der Waals surface area contributed by atoms with Crippen molar-refractivity contribution in [3.05, 3.63) is 34.3 Å². The highest BCUT2D eigenvalue weighted by molar-refractivity contribution is 7.98. The molecule has 4 N–H and O–H groups in total. The molecular formula is C15H20ClN3O2S. The molecule has 7 heteroatoms. The Bertz CT molecular complexity index is 568. The van der Waals surface area contributed by atoms with Gasteiger partial charge < -0.3 is 16.4 Å². The van der Waals surface area contributed by atoms with E-state index in [2.05, 4.69) is 10.6 Å². The van der Waals surface area contributed by atoms with Gasteiger partial charge in [-0.25, -0.2) is 4.79 Å². The molecule has 0 spiro atoms. The molecule has 22 heavy (non-hydrogen) atoms. The summed E-state index contributed by atoms with van der Waals surface area (Å²) in [5, 5.41) is 6.23. The molecule has 3 amide bonds. The van der Waals surface area contributed by atoms with E-state index in [9.17, 15) is 9.59 Å². The van der Waals surface area contributed by atoms with Crippen LogP contribution in [0, 0.1) is 0 Å². The highest BCUT2D eigenvalue weighted by atomic mass is 35.5. The highest BCUT2D eigenvalue weighted by Gasteiger charge is 2.27. The van der Waals surface area contributed by atoms with Gasteiger partial charge in [-0.15, -0.1) is 0 Å². The Morgan fingerprint density at radius 1 is 1.50 bits per heavy atom. The molecule has 1 aromatic carbocycles. The first kappa shape index (κ1) is 17.0. The van der Waals surface area contributed by atoms with Crippen LogP contribution in [-0.4, -0.2) is 30.0 Å². The standard InChI is InChI=1S/C15H20ClN3O2S/c1-22-7-6-13(19-15(17)21)14(20)18-12-5-2-9-8-10(16)3-4-11(9)12/h3-4,8,12-13H,2,5-7H2,1H3,(H,18,20)(H3,17,19,21). The number of rotatable bonds is 6. The van der Waals surface area contributed by atoms with Crippen LogP contribution in [0.15, 0.2) is 18.2 Å². The fourth-order valence-electron chi connectivity index (χ4n) is 2.68. The number of primary amides is 1. The molecule has 0 bridgehead atoms. The van der Waals surface area contributed by atoms with E-state index >= 15 is 0 Å². The molecule has 2 unspecified atom stereocenters. The fourth-order valence-corrected chi connectivity index (χ4v) is 3.35. The molecule has 0 aliphatic heterocycles. The van der Waals surface area contributed by atoms with Gasteiger partial charge in [-0.3, -0.25) is 4.79 Å². The second-order valence-corrected chi connectivity index (χ2v) is 6.71. The van der Waals surface area contributed by atoms with E-state index in [0.717, 1.165) is 24.2 Å². The van der Waals surface area contributed by atoms with Crippen molar-refractivity contribution < 1.29 is 9.59 Å². The molecule has 0 heterocycles. The van der Waals surface area contributed by atoms with Gasteiger partial charge in [0.25, 0.3) is 0 Å². The topological polar surface area (TPSA) is 84.2 Å². The van der Waals surface area contributed by atoms with E-state index in [-0.39, 0.29) is 11.9 Å². The van der Waals surface area contributed by atoms with Crippen LogP contribution in [0.5, 0.6) is 0 Å². The van der Waals surface area contributed by atoms with Crippen LogP contribution >= 0.6 is 23.4 Å². The fraction of sp³-hybridized carbons (Fsp3) is 0.467. The van der Waals surface area contributed by atoms with Gasteiger partial charge >= 0.3 is 6.03 Å². The molecule has 5 nitrogen and oxygen atoms in total. The molecular weight excluding hydrogens is 322 g/mol. The molecule has 2 atom stereocenters. The summed E-state index contributed by atoms with van der Waals surface area (Å²) in [7, 11) is 0. The van der Waals surface area contributed by atoms with Crippen molar-refractivity contribution in [2.24, 2.45) is 5.73 Å². The van der Waals surface area contributed by atoms with Crippen molar-refractivity contribution in [3.63, 3.8) is 0 Å². The zero-order valence-corrected chi connectivity index (χ0v) is 14.0. The summed E-state index contributed by atoms with van der Waals surface area (Å²) in [6.45, 7) is 0. The molecule has 1 aromatic rings. The minimum Gasteiger partial charge on any atom is -0.352 e. The lowest BCUT2D eigenvalue weighted by Gasteiger charge is -2.20. The highest BCUT2D eigenvalue weighted by Crippen LogP contribution is 2.32. The third-order valence-electron chi connectivity index (χ3n) is 3.74. The van der Waals surface area contributed by atoms with Crippen LogP contribution in [-0.2, 0) is 11.2 Å². The largest absolute Gasteiger partial charge is 0.352 e. The first-order chi connectivity index (χ1) is 10.5. The Morgan fingerprint density at radius 3 is 2.95 bits per heavy atom. The maximum Gasteiger partial charge on any atom is 0.312 e. The quantitative estimate of drug-likeness (QED) is 0.741. The second-order valence-electron chi connectivity index (χ2n) is 5.29. The lowest BCUT2D eigenvalue weighted by molar-refractivity contribution is -0.123. The number of nitrogens with one attached hydrogen (secondary N) is 2. The molecule has 1 aliphatic carbocycles. The predicted molar refractivity (Wildman–Crippen MR) is 90.2 cm³/mol. The van der Waals surface area contributed by atoms with Crippen LogP contribution < -0.4 is 16.4 Å². The number of hydrogen-bond donors (Lipinski definition) is 3. The van der Waals surface area contributed by atoms with E-state index in [1.165, 1.54) is 5.56 Å². The third-order valence-corrected chi connectivity index (χ3v) is 4.62. The lowest BCUT2D eigenvalue weighted by Crippen LogP contribution is -2.49. The monoisotopic (exact) mass is 341 g/mol. The Labute approximate surface area is 139 Å². The van der Waals surface area contributed by atoms with Gasteiger partial charge in [-0.2, -0.15) is 11.8 Å². The molecule has 0 fully saturated rings. The van der Waals surface area contributed by atoms with Gasteiger partial charge in [0, 0.05) is 5.02 Å². The van der Waals surface area contributed by atoms with Gasteiger partial charge in [-0.05, 0) is 54.5 Å². The summed E-state index contributed by atoms with van der Waals surface area (Å²) in [6.07, 6.45) is 4.24. The minimum absolute atomic E-state index is 0.0359. The number of thioether (sulfide) groups is 1. The number of benzene rings is 1. The average Bonchev–Trinajstić information content (AvgIpc) is 2.85. The van der Waals surface area contributed by atoms with Crippen molar-refractivity contribution in [1.82, 2.24) is 10.6 Å². The van der Waals surface area contributed by atoms with Gasteiger partial charge in [0.15, 0.2) is 0 Å². The van der Waals surface area contributed by atoms with Crippen molar-refractivity contribution >= 4 is 35.3 Å². The van der Waals surface area contributed by atoms with Crippen LogP contribution in [0.3, 0.4) is 0 Å². The Kier molecular flexibility index (Phi) is 5.97. The van der Waals surface area contributed by atoms with Crippen molar-refractivity contribution in [1.29, 1.82) is 0 Å². The number of carbonyl (C=O) groups is 2. The summed E-state index contributed by atoms with van der Waals surface area (Å²) in [5.74, 6) is 0.579. The molecule has 0 aromatic heterocycles. The molecule has 120 valence electrons. The Hall–Kier alpha value is -1.40. The molecule has 0 radical (unpaired) electrons. The summed E-state index contributed by atoms with van der Waals surface area (Å²) >= 11 is 7.61. The normalized spacial score (nSPS) is 17.6. The number of nitrogens with two attached hydrogens (primary N) is 1. The van der Waals surface area contributed by atoms with E-state index in [1.807, 2.05) is 24.5 Å². The molecule has 1 aliphatic rings. The first-order valence-electron chi connectivity index (χ1n) is 7.15. The van der Waals surface area contributed by atoms with Gasteiger partial charge in [0.05, 0.1) is 6.04 Å². The number of halogens is 1. The number of fused-ring (bicyclic) bond motifs is 1. The van der Waals surface area contributed by atoms with Crippen LogP contribution in [0.4, 0.5) is 4.79 Å². The van der Waals surface area contributed by atoms with Gasteiger partial charge in [0.2, 0.25) is 5.91 Å². The van der Waals surface area contributed by atoms with Crippen LogP contribution in [0.1, 0.15) is 30.0 Å². The maximum absolute atomic E-state index is 12.4. The summed E-state index contributed by atoms with van der Waals surface area (Å²) < 4.78 is 0. The summed E-state index contributed by atoms with van der Waals surface area (Å²) in [6, 6.07) is 4.41. The van der Waals surface area contributed by atoms with Crippen LogP contribution in [0.2, 0.25) is 5.02 Å². The zero-order chi connectivity index (χ0) is 16.1.